The number of hydrogen-bond donors (Lipinski definition) is 0. The zero-order chi connectivity index (χ0) is 56.3. The summed E-state index contributed by atoms with van der Waals surface area (Å²) in [7, 11) is 0. The summed E-state index contributed by atoms with van der Waals surface area (Å²) in [6.45, 7) is 13.5. The van der Waals surface area contributed by atoms with Gasteiger partial charge >= 0.3 is 45.1 Å². The first-order valence-corrected chi connectivity index (χ1v) is 31.2. The van der Waals surface area contributed by atoms with Crippen LogP contribution in [0.25, 0.3) is 0 Å². The van der Waals surface area contributed by atoms with E-state index in [4.69, 9.17) is 37.9 Å². The molecule has 20 heteroatoms. The lowest BCUT2D eigenvalue weighted by atomic mass is 9.87. The van der Waals surface area contributed by atoms with Crippen molar-refractivity contribution in [3.63, 3.8) is 0 Å². The van der Waals surface area contributed by atoms with Gasteiger partial charge in [-0.3, -0.25) is 19.2 Å². The summed E-state index contributed by atoms with van der Waals surface area (Å²) in [5.41, 5.74) is 3.60. The molecule has 0 N–H and O–H groups in total. The van der Waals surface area contributed by atoms with Crippen LogP contribution in [-0.4, -0.2) is 119 Å². The average Bonchev–Trinajstić information content (AvgIpc) is 3.38. The van der Waals surface area contributed by atoms with Gasteiger partial charge < -0.3 is 37.9 Å². The van der Waals surface area contributed by atoms with E-state index in [-0.39, 0.29) is 96.8 Å². The maximum atomic E-state index is 13.3. The molecule has 0 spiro atoms. The molecular weight excluding hydrogens is 1070 g/mol. The first kappa shape index (κ1) is 65.6. The van der Waals surface area contributed by atoms with Crippen LogP contribution in [0.5, 0.6) is 0 Å². The maximum absolute atomic E-state index is 13.3. The predicted octanol–water partition coefficient (Wildman–Crippen LogP) is 13.7. The van der Waals surface area contributed by atoms with Gasteiger partial charge in [0, 0.05) is 23.0 Å². The molecule has 0 aromatic carbocycles. The summed E-state index contributed by atoms with van der Waals surface area (Å²) in [6, 6.07) is 0. The van der Waals surface area contributed by atoms with E-state index < -0.39 is 76.9 Å². The molecule has 0 radical (unpaired) electrons. The Kier molecular flexibility index (Phi) is 29.8. The summed E-state index contributed by atoms with van der Waals surface area (Å²) in [5, 5.41) is -2.09. The standard InChI is InChI=1S/C57H84O16S4/c1-37-9-17-45(18-10-37)41(5)70-53(62)74-29-25-49(58)66-33-57(34-67-50(59)26-30-75-54(63)71-42(6)46-19-11-38(2)12-20-46,35-68-51(60)27-31-76-55(64)72-43(7)47-21-13-39(3)14-22-47)36-69-52(61)28-32-77-56(65)73-44(8)48-23-15-40(4)16-24-48/h9,11,13,15,41-48H,10,12,14,16-36H2,1-8H3. The van der Waals surface area contributed by atoms with Gasteiger partial charge in [0.05, 0.1) is 25.7 Å². The molecule has 4 aliphatic carbocycles. The molecule has 0 fully saturated rings. The molecule has 0 saturated heterocycles. The molecule has 0 aliphatic heterocycles. The Bertz CT molecular complexity index is 1830. The third-order valence-corrected chi connectivity index (χ3v) is 17.7. The van der Waals surface area contributed by atoms with Crippen LogP contribution >= 0.6 is 47.0 Å². The molecule has 0 saturated carbocycles. The van der Waals surface area contributed by atoms with Crippen LogP contribution in [-0.2, 0) is 57.1 Å². The van der Waals surface area contributed by atoms with E-state index in [1.165, 1.54) is 22.3 Å². The summed E-state index contributed by atoms with van der Waals surface area (Å²) in [5.74, 6) is -2.04. The molecule has 0 amide bonds. The monoisotopic (exact) mass is 1150 g/mol. The van der Waals surface area contributed by atoms with E-state index in [9.17, 15) is 38.4 Å². The van der Waals surface area contributed by atoms with E-state index >= 15 is 0 Å². The first-order chi connectivity index (χ1) is 36.7. The molecule has 4 rings (SSSR count). The van der Waals surface area contributed by atoms with Crippen LogP contribution in [0.1, 0.15) is 158 Å². The van der Waals surface area contributed by atoms with Crippen molar-refractivity contribution in [2.45, 2.75) is 183 Å². The smallest absolute Gasteiger partial charge is 0.367 e. The van der Waals surface area contributed by atoms with Crippen LogP contribution in [0.2, 0.25) is 0 Å². The number of carbonyl (C=O) groups excluding carboxylic acids is 8. The lowest BCUT2D eigenvalue weighted by molar-refractivity contribution is -0.170. The van der Waals surface area contributed by atoms with E-state index in [2.05, 4.69) is 52.0 Å². The third kappa shape index (κ3) is 26.3. The molecular formula is C57H84O16S4. The van der Waals surface area contributed by atoms with Gasteiger partial charge in [-0.2, -0.15) is 0 Å². The molecule has 16 nitrogen and oxygen atoms in total. The van der Waals surface area contributed by atoms with E-state index in [0.717, 1.165) is 124 Å². The highest BCUT2D eigenvalue weighted by Crippen LogP contribution is 2.32. The van der Waals surface area contributed by atoms with Crippen molar-refractivity contribution in [1.82, 2.24) is 0 Å². The van der Waals surface area contributed by atoms with Gasteiger partial charge in [-0.25, -0.2) is 19.2 Å². The zero-order valence-electron chi connectivity index (χ0n) is 46.6. The number of allylic oxidation sites excluding steroid dienone is 8. The quantitative estimate of drug-likeness (QED) is 0.0405. The van der Waals surface area contributed by atoms with E-state index in [1.807, 2.05) is 27.7 Å². The van der Waals surface area contributed by atoms with Crippen molar-refractivity contribution in [1.29, 1.82) is 0 Å². The van der Waals surface area contributed by atoms with Gasteiger partial charge in [0.1, 0.15) is 56.3 Å². The minimum absolute atomic E-state index is 0.0305. The topological polar surface area (TPSA) is 210 Å². The molecule has 8 atom stereocenters. The Morgan fingerprint density at radius 2 is 0.610 bits per heavy atom. The molecule has 8 unspecified atom stereocenters. The van der Waals surface area contributed by atoms with Crippen molar-refractivity contribution >= 4 is 92.1 Å². The third-order valence-electron chi connectivity index (χ3n) is 14.8. The largest absolute Gasteiger partial charge is 0.465 e. The number of ether oxygens (including phenoxy) is 8. The first-order valence-electron chi connectivity index (χ1n) is 27.3. The second-order valence-electron chi connectivity index (χ2n) is 21.2. The lowest BCUT2D eigenvalue weighted by Crippen LogP contribution is -2.44. The number of rotatable bonds is 28. The minimum atomic E-state index is -1.65. The number of thioether (sulfide) groups is 4. The fourth-order valence-corrected chi connectivity index (χ4v) is 11.7. The van der Waals surface area contributed by atoms with Gasteiger partial charge in [-0.1, -0.05) is 46.6 Å². The Hall–Kier alpha value is -3.88. The Labute approximate surface area is 473 Å². The van der Waals surface area contributed by atoms with Crippen LogP contribution in [0, 0.1) is 29.1 Å². The second-order valence-corrected chi connectivity index (χ2v) is 25.3. The molecule has 4 aliphatic rings. The predicted molar refractivity (Wildman–Crippen MR) is 303 cm³/mol. The fraction of sp³-hybridized carbons (Fsp3) is 0.719. The van der Waals surface area contributed by atoms with Gasteiger partial charge in [-0.05, 0) is 203 Å². The van der Waals surface area contributed by atoms with E-state index in [1.54, 1.807) is 0 Å². The Balaban J connectivity index is 1.39. The summed E-state index contributed by atoms with van der Waals surface area (Å²) < 4.78 is 45.4. The van der Waals surface area contributed by atoms with Gasteiger partial charge in [0.15, 0.2) is 0 Å². The molecule has 0 heterocycles. The van der Waals surface area contributed by atoms with Crippen molar-refractivity contribution < 1.29 is 76.3 Å². The highest BCUT2D eigenvalue weighted by molar-refractivity contribution is 8.14. The Morgan fingerprint density at radius 3 is 0.792 bits per heavy atom. The van der Waals surface area contributed by atoms with Crippen LogP contribution in [0.3, 0.4) is 0 Å². The molecule has 0 aromatic heterocycles. The van der Waals surface area contributed by atoms with Crippen molar-refractivity contribution in [2.24, 2.45) is 29.1 Å². The summed E-state index contributed by atoms with van der Waals surface area (Å²) >= 11 is 3.34. The van der Waals surface area contributed by atoms with Crippen molar-refractivity contribution in [2.75, 3.05) is 49.4 Å². The molecule has 0 bridgehead atoms. The molecule has 77 heavy (non-hydrogen) atoms. The summed E-state index contributed by atoms with van der Waals surface area (Å²) in [6.07, 6.45) is 17.3. The zero-order valence-corrected chi connectivity index (χ0v) is 49.8. The van der Waals surface area contributed by atoms with Crippen LogP contribution in [0.4, 0.5) is 19.2 Å². The van der Waals surface area contributed by atoms with Gasteiger partial charge in [-0.15, -0.1) is 0 Å². The Morgan fingerprint density at radius 1 is 0.403 bits per heavy atom. The normalized spacial score (nSPS) is 21.8. The number of esters is 4. The van der Waals surface area contributed by atoms with Crippen LogP contribution < -0.4 is 0 Å². The number of carbonyl (C=O) groups is 8. The van der Waals surface area contributed by atoms with E-state index in [0.29, 0.717) is 0 Å². The SMILES string of the molecule is CC1=CCC(C(C)OC(=O)SCCC(=O)OCC(COC(=O)CCSC(=O)OC(C)C2CC=C(C)CC2)(COC(=O)CCSC(=O)OC(C)C2CC=C(C)CC2)COC(=O)CCSC(=O)OC(C)C2CC=C(C)CC2)CC1. The lowest BCUT2D eigenvalue weighted by Gasteiger charge is -2.31. The molecule has 432 valence electrons. The van der Waals surface area contributed by atoms with Crippen molar-refractivity contribution in [3.8, 4) is 0 Å². The van der Waals surface area contributed by atoms with Crippen LogP contribution in [0.15, 0.2) is 46.6 Å². The molecule has 0 aromatic rings. The average molecular weight is 1150 g/mol. The maximum Gasteiger partial charge on any atom is 0.367 e. The second kappa shape index (κ2) is 35.0. The van der Waals surface area contributed by atoms with Gasteiger partial charge in [0.25, 0.3) is 0 Å². The fourth-order valence-electron chi connectivity index (χ4n) is 9.12. The highest BCUT2D eigenvalue weighted by atomic mass is 32.2. The highest BCUT2D eigenvalue weighted by Gasteiger charge is 2.38. The number of hydrogen-bond acceptors (Lipinski definition) is 20. The summed E-state index contributed by atoms with van der Waals surface area (Å²) in [4.78, 5) is 104. The van der Waals surface area contributed by atoms with Crippen molar-refractivity contribution in [3.05, 3.63) is 46.6 Å². The minimum Gasteiger partial charge on any atom is -0.465 e. The van der Waals surface area contributed by atoms with Gasteiger partial charge in [0.2, 0.25) is 0 Å².